The maximum absolute atomic E-state index is 10.8. The van der Waals surface area contributed by atoms with Crippen molar-refractivity contribution in [2.75, 3.05) is 13.1 Å². The van der Waals surface area contributed by atoms with Gasteiger partial charge < -0.3 is 10.4 Å². The molecule has 0 aromatic heterocycles. The molecule has 0 aromatic carbocycles. The summed E-state index contributed by atoms with van der Waals surface area (Å²) >= 11 is 0. The normalized spacial score (nSPS) is 23.0. The summed E-state index contributed by atoms with van der Waals surface area (Å²) in [5.74, 6) is -0.709. The molecule has 1 rings (SSSR count). The van der Waals surface area contributed by atoms with Crippen LogP contribution in [0, 0.1) is 0 Å². The van der Waals surface area contributed by atoms with E-state index >= 15 is 0 Å². The number of carbonyl (C=O) groups is 1. The van der Waals surface area contributed by atoms with E-state index in [1.165, 1.54) is 19.3 Å². The predicted molar refractivity (Wildman–Crippen MR) is 69.2 cm³/mol. The molecule has 1 heterocycles. The Labute approximate surface area is 104 Å². The van der Waals surface area contributed by atoms with E-state index in [-0.39, 0.29) is 12.5 Å². The first-order chi connectivity index (χ1) is 8.00. The molecule has 0 amide bonds. The Morgan fingerprint density at radius 3 is 2.59 bits per heavy atom. The van der Waals surface area contributed by atoms with Crippen LogP contribution in [-0.4, -0.2) is 47.2 Å². The van der Waals surface area contributed by atoms with E-state index in [0.29, 0.717) is 12.1 Å². The summed E-state index contributed by atoms with van der Waals surface area (Å²) in [5, 5.41) is 12.4. The zero-order valence-corrected chi connectivity index (χ0v) is 11.3. The van der Waals surface area contributed by atoms with Gasteiger partial charge in [0.1, 0.15) is 0 Å². The zero-order chi connectivity index (χ0) is 12.8. The Morgan fingerprint density at radius 2 is 2.12 bits per heavy atom. The molecule has 0 aliphatic carbocycles. The number of nitrogens with zero attached hydrogens (tertiary/aromatic N) is 1. The minimum atomic E-state index is -0.709. The Morgan fingerprint density at radius 1 is 1.41 bits per heavy atom. The van der Waals surface area contributed by atoms with Crippen LogP contribution in [0.1, 0.15) is 46.5 Å². The van der Waals surface area contributed by atoms with Gasteiger partial charge in [-0.3, -0.25) is 9.69 Å². The minimum Gasteiger partial charge on any atom is -0.481 e. The van der Waals surface area contributed by atoms with Crippen molar-refractivity contribution in [3.63, 3.8) is 0 Å². The van der Waals surface area contributed by atoms with Gasteiger partial charge in [0.25, 0.3) is 0 Å². The summed E-state index contributed by atoms with van der Waals surface area (Å²) in [6, 6.07) is 1.03. The molecule has 4 heteroatoms. The quantitative estimate of drug-likeness (QED) is 0.744. The molecular weight excluding hydrogens is 216 g/mol. The smallest absolute Gasteiger partial charge is 0.304 e. The summed E-state index contributed by atoms with van der Waals surface area (Å²) in [7, 11) is 0. The predicted octanol–water partition coefficient (Wildman–Crippen LogP) is 1.70. The minimum absolute atomic E-state index is 0.108. The van der Waals surface area contributed by atoms with Crippen LogP contribution in [0.5, 0.6) is 0 Å². The monoisotopic (exact) mass is 242 g/mol. The molecule has 1 aliphatic rings. The van der Waals surface area contributed by atoms with E-state index in [4.69, 9.17) is 5.11 Å². The van der Waals surface area contributed by atoms with Crippen LogP contribution in [0.15, 0.2) is 0 Å². The highest BCUT2D eigenvalue weighted by molar-refractivity contribution is 5.67. The maximum Gasteiger partial charge on any atom is 0.304 e. The molecule has 1 aliphatic heterocycles. The second-order valence-corrected chi connectivity index (χ2v) is 5.38. The summed E-state index contributed by atoms with van der Waals surface area (Å²) in [6.45, 7) is 8.36. The molecule has 2 unspecified atom stereocenters. The van der Waals surface area contributed by atoms with Crippen molar-refractivity contribution in [3.05, 3.63) is 0 Å². The Balaban J connectivity index is 2.49. The van der Waals surface area contributed by atoms with Crippen molar-refractivity contribution < 1.29 is 9.90 Å². The highest BCUT2D eigenvalue weighted by Crippen LogP contribution is 2.14. The third-order valence-corrected chi connectivity index (χ3v) is 3.54. The van der Waals surface area contributed by atoms with Gasteiger partial charge in [0.15, 0.2) is 0 Å². The first-order valence-electron chi connectivity index (χ1n) is 6.71. The summed E-state index contributed by atoms with van der Waals surface area (Å²) in [4.78, 5) is 13.1. The average molecular weight is 242 g/mol. The SMILES string of the molecule is CC(C)N(CC1CCCCN1)C(C)CC(=O)O. The van der Waals surface area contributed by atoms with Crippen molar-refractivity contribution in [2.24, 2.45) is 0 Å². The van der Waals surface area contributed by atoms with Gasteiger partial charge in [-0.2, -0.15) is 0 Å². The third-order valence-electron chi connectivity index (χ3n) is 3.54. The highest BCUT2D eigenvalue weighted by Gasteiger charge is 2.23. The molecule has 0 radical (unpaired) electrons. The van der Waals surface area contributed by atoms with Crippen LogP contribution in [0.25, 0.3) is 0 Å². The Bertz CT molecular complexity index is 238. The standard InChI is InChI=1S/C13H26N2O2/c1-10(2)15(11(3)8-13(16)17)9-12-6-4-5-7-14-12/h10-12,14H,4-9H2,1-3H3,(H,16,17). The van der Waals surface area contributed by atoms with Gasteiger partial charge in [-0.15, -0.1) is 0 Å². The van der Waals surface area contributed by atoms with E-state index in [0.717, 1.165) is 13.1 Å². The summed E-state index contributed by atoms with van der Waals surface area (Å²) in [5.41, 5.74) is 0. The van der Waals surface area contributed by atoms with Gasteiger partial charge in [0, 0.05) is 24.7 Å². The number of rotatable bonds is 6. The van der Waals surface area contributed by atoms with E-state index in [9.17, 15) is 4.79 Å². The van der Waals surface area contributed by atoms with Gasteiger partial charge in [-0.25, -0.2) is 0 Å². The van der Waals surface area contributed by atoms with Crippen LogP contribution in [-0.2, 0) is 4.79 Å². The van der Waals surface area contributed by atoms with Gasteiger partial charge in [-0.05, 0) is 40.2 Å². The largest absolute Gasteiger partial charge is 0.481 e. The Kier molecular flexibility index (Phi) is 5.92. The van der Waals surface area contributed by atoms with Crippen LogP contribution in [0.3, 0.4) is 0 Å². The van der Waals surface area contributed by atoms with E-state index < -0.39 is 5.97 Å². The molecule has 1 saturated heterocycles. The lowest BCUT2D eigenvalue weighted by molar-refractivity contribution is -0.138. The topological polar surface area (TPSA) is 52.6 Å². The fraction of sp³-hybridized carbons (Fsp3) is 0.923. The molecule has 100 valence electrons. The molecule has 0 aromatic rings. The van der Waals surface area contributed by atoms with E-state index in [2.05, 4.69) is 24.1 Å². The van der Waals surface area contributed by atoms with Gasteiger partial charge >= 0.3 is 5.97 Å². The van der Waals surface area contributed by atoms with Crippen molar-refractivity contribution >= 4 is 5.97 Å². The second kappa shape index (κ2) is 6.97. The molecule has 2 N–H and O–H groups in total. The zero-order valence-electron chi connectivity index (χ0n) is 11.3. The first-order valence-corrected chi connectivity index (χ1v) is 6.71. The highest BCUT2D eigenvalue weighted by atomic mass is 16.4. The van der Waals surface area contributed by atoms with Crippen LogP contribution in [0.2, 0.25) is 0 Å². The molecule has 2 atom stereocenters. The van der Waals surface area contributed by atoms with Crippen LogP contribution < -0.4 is 5.32 Å². The molecule has 0 saturated carbocycles. The fourth-order valence-corrected chi connectivity index (χ4v) is 2.60. The summed E-state index contributed by atoms with van der Waals surface area (Å²) < 4.78 is 0. The van der Waals surface area contributed by atoms with Crippen LogP contribution in [0.4, 0.5) is 0 Å². The molecule has 1 fully saturated rings. The summed E-state index contributed by atoms with van der Waals surface area (Å²) in [6.07, 6.45) is 3.99. The lowest BCUT2D eigenvalue weighted by atomic mass is 10.0. The molecule has 0 bridgehead atoms. The number of carboxylic acid groups (broad SMARTS) is 1. The van der Waals surface area contributed by atoms with Crippen molar-refractivity contribution in [1.29, 1.82) is 0 Å². The molecule has 4 nitrogen and oxygen atoms in total. The number of nitrogens with one attached hydrogen (secondary N) is 1. The average Bonchev–Trinajstić information content (AvgIpc) is 2.25. The van der Waals surface area contributed by atoms with Crippen molar-refractivity contribution in [1.82, 2.24) is 10.2 Å². The number of hydrogen-bond acceptors (Lipinski definition) is 3. The van der Waals surface area contributed by atoms with Crippen molar-refractivity contribution in [2.45, 2.75) is 64.6 Å². The number of piperidine rings is 1. The van der Waals surface area contributed by atoms with E-state index in [1.54, 1.807) is 0 Å². The van der Waals surface area contributed by atoms with Crippen LogP contribution >= 0.6 is 0 Å². The van der Waals surface area contributed by atoms with Gasteiger partial charge in [-0.1, -0.05) is 6.42 Å². The number of carboxylic acids is 1. The van der Waals surface area contributed by atoms with Crippen molar-refractivity contribution in [3.8, 4) is 0 Å². The van der Waals surface area contributed by atoms with E-state index in [1.807, 2.05) is 6.92 Å². The van der Waals surface area contributed by atoms with Gasteiger partial charge in [0.2, 0.25) is 0 Å². The molecular formula is C13H26N2O2. The molecule has 17 heavy (non-hydrogen) atoms. The lowest BCUT2D eigenvalue weighted by Gasteiger charge is -2.36. The maximum atomic E-state index is 10.8. The number of aliphatic carboxylic acids is 1. The first kappa shape index (κ1) is 14.5. The van der Waals surface area contributed by atoms with Gasteiger partial charge in [0.05, 0.1) is 6.42 Å². The third kappa shape index (κ3) is 5.04. The lowest BCUT2D eigenvalue weighted by Crippen LogP contribution is -2.49. The number of hydrogen-bond donors (Lipinski definition) is 2. The second-order valence-electron chi connectivity index (χ2n) is 5.38. The Hall–Kier alpha value is -0.610. The fourth-order valence-electron chi connectivity index (χ4n) is 2.60. The molecule has 0 spiro atoms.